The Morgan fingerprint density at radius 3 is 2.79 bits per heavy atom. The molecule has 0 fully saturated rings. The minimum absolute atomic E-state index is 0.116. The first-order valence-corrected chi connectivity index (χ1v) is 8.62. The van der Waals surface area contributed by atoms with Gasteiger partial charge in [-0.2, -0.15) is 0 Å². The van der Waals surface area contributed by atoms with Gasteiger partial charge in [0.1, 0.15) is 5.82 Å². The van der Waals surface area contributed by atoms with Crippen LogP contribution in [0.1, 0.15) is 27.2 Å². The van der Waals surface area contributed by atoms with Crippen molar-refractivity contribution in [3.05, 3.63) is 69.3 Å². The number of para-hydroxylation sites is 1. The van der Waals surface area contributed by atoms with Crippen molar-refractivity contribution in [1.29, 1.82) is 0 Å². The summed E-state index contributed by atoms with van der Waals surface area (Å²) >= 11 is 7.48. The number of benzene rings is 1. The Morgan fingerprint density at radius 2 is 2.08 bits per heavy atom. The van der Waals surface area contributed by atoms with E-state index in [-0.39, 0.29) is 5.91 Å². The second-order valence-electron chi connectivity index (χ2n) is 5.39. The van der Waals surface area contributed by atoms with E-state index in [1.54, 1.807) is 34.4 Å². The summed E-state index contributed by atoms with van der Waals surface area (Å²) in [5.74, 6) is 0.414. The Balaban J connectivity index is 1.85. The van der Waals surface area contributed by atoms with Crippen molar-refractivity contribution in [2.45, 2.75) is 13.1 Å². The minimum atomic E-state index is -0.411. The van der Waals surface area contributed by atoms with Crippen molar-refractivity contribution in [2.75, 3.05) is 10.2 Å². The van der Waals surface area contributed by atoms with E-state index in [0.717, 1.165) is 16.4 Å². The fraction of sp³-hybridized carbons (Fsp3) is 0.118. The molecular weight excluding hydrogens is 344 g/mol. The lowest BCUT2D eigenvalue weighted by molar-refractivity contribution is 0.0973. The third kappa shape index (κ3) is 2.53. The molecule has 0 spiro atoms. The summed E-state index contributed by atoms with van der Waals surface area (Å²) in [6.07, 6.45) is 1.12. The highest BCUT2D eigenvalue weighted by Gasteiger charge is 2.35. The summed E-state index contributed by atoms with van der Waals surface area (Å²) in [4.78, 5) is 23.6. The predicted molar refractivity (Wildman–Crippen MR) is 95.7 cm³/mol. The molecule has 0 radical (unpaired) electrons. The third-order valence-corrected chi connectivity index (χ3v) is 4.82. The van der Waals surface area contributed by atoms with Crippen LogP contribution >= 0.6 is 22.9 Å². The first-order valence-electron chi connectivity index (χ1n) is 7.36. The van der Waals surface area contributed by atoms with E-state index in [9.17, 15) is 4.79 Å². The Hall–Kier alpha value is -2.44. The number of amides is 1. The zero-order valence-electron chi connectivity index (χ0n) is 12.7. The molecule has 1 aromatic carbocycles. The molecule has 3 heterocycles. The number of aromatic nitrogens is 2. The maximum absolute atomic E-state index is 13.1. The average Bonchev–Trinajstić information content (AvgIpc) is 3.02. The maximum Gasteiger partial charge on any atom is 0.263 e. The van der Waals surface area contributed by atoms with Gasteiger partial charge in [-0.1, -0.05) is 23.7 Å². The summed E-state index contributed by atoms with van der Waals surface area (Å²) in [5.41, 5.74) is 2.19. The quantitative estimate of drug-likeness (QED) is 0.745. The number of rotatable bonds is 2. The predicted octanol–water partition coefficient (Wildman–Crippen LogP) is 4.27. The summed E-state index contributed by atoms with van der Waals surface area (Å²) in [5, 5.41) is 6.82. The lowest BCUT2D eigenvalue weighted by Crippen LogP contribution is -2.43. The van der Waals surface area contributed by atoms with E-state index in [1.807, 2.05) is 30.5 Å². The Morgan fingerprint density at radius 1 is 1.25 bits per heavy atom. The number of aryl methyl sites for hydroxylation is 1. The molecule has 0 saturated carbocycles. The Bertz CT molecular complexity index is 909. The third-order valence-electron chi connectivity index (χ3n) is 3.80. The summed E-state index contributed by atoms with van der Waals surface area (Å²) < 4.78 is 0. The van der Waals surface area contributed by atoms with Crippen LogP contribution in [0.4, 0.5) is 11.5 Å². The summed E-state index contributed by atoms with van der Waals surface area (Å²) in [6, 6.07) is 10.9. The van der Waals surface area contributed by atoms with E-state index >= 15 is 0 Å². The van der Waals surface area contributed by atoms with Crippen LogP contribution in [0, 0.1) is 6.92 Å². The number of carbonyl (C=O) groups is 1. The van der Waals surface area contributed by atoms with Gasteiger partial charge in [-0.3, -0.25) is 9.69 Å². The molecule has 120 valence electrons. The van der Waals surface area contributed by atoms with E-state index in [0.29, 0.717) is 16.4 Å². The molecule has 1 amide bonds. The summed E-state index contributed by atoms with van der Waals surface area (Å²) in [6.45, 7) is 1.94. The number of thiazole rings is 1. The van der Waals surface area contributed by atoms with Crippen LogP contribution in [0.25, 0.3) is 0 Å². The van der Waals surface area contributed by atoms with E-state index in [4.69, 9.17) is 11.6 Å². The van der Waals surface area contributed by atoms with Gasteiger partial charge in [-0.05, 0) is 31.2 Å². The van der Waals surface area contributed by atoms with Crippen LogP contribution < -0.4 is 10.2 Å². The van der Waals surface area contributed by atoms with Gasteiger partial charge in [0.15, 0.2) is 6.17 Å². The number of pyridine rings is 1. The number of nitrogens with one attached hydrogen (secondary N) is 1. The van der Waals surface area contributed by atoms with Gasteiger partial charge in [-0.25, -0.2) is 9.97 Å². The minimum Gasteiger partial charge on any atom is -0.359 e. The number of nitrogens with zero attached hydrogens (tertiary/aromatic N) is 3. The van der Waals surface area contributed by atoms with Gasteiger partial charge in [0.25, 0.3) is 5.91 Å². The van der Waals surface area contributed by atoms with Crippen molar-refractivity contribution >= 4 is 40.4 Å². The molecular formula is C17H13ClN4OS. The van der Waals surface area contributed by atoms with Gasteiger partial charge < -0.3 is 5.32 Å². The highest BCUT2D eigenvalue weighted by molar-refractivity contribution is 7.09. The average molecular weight is 357 g/mol. The molecule has 5 nitrogen and oxygen atoms in total. The van der Waals surface area contributed by atoms with Crippen molar-refractivity contribution in [2.24, 2.45) is 0 Å². The van der Waals surface area contributed by atoms with Crippen molar-refractivity contribution in [3.63, 3.8) is 0 Å². The highest BCUT2D eigenvalue weighted by Crippen LogP contribution is 2.36. The fourth-order valence-corrected chi connectivity index (χ4v) is 3.46. The second kappa shape index (κ2) is 5.89. The zero-order valence-corrected chi connectivity index (χ0v) is 14.3. The molecule has 0 saturated heterocycles. The zero-order chi connectivity index (χ0) is 16.7. The molecule has 2 aromatic heterocycles. The number of carbonyl (C=O) groups excluding carboxylic acids is 1. The molecule has 7 heteroatoms. The van der Waals surface area contributed by atoms with Gasteiger partial charge >= 0.3 is 0 Å². The van der Waals surface area contributed by atoms with Crippen LogP contribution in [0.15, 0.2) is 48.0 Å². The Labute approximate surface area is 147 Å². The molecule has 1 N–H and O–H groups in total. The first-order chi connectivity index (χ1) is 11.6. The SMILES string of the molecule is Cc1nc([C@H]2Nc3ccccc3C(=O)N2c2ccc(Cl)cn2)cs1. The molecule has 24 heavy (non-hydrogen) atoms. The molecule has 3 aromatic rings. The van der Waals surface area contributed by atoms with Crippen molar-refractivity contribution in [1.82, 2.24) is 9.97 Å². The van der Waals surface area contributed by atoms with E-state index in [2.05, 4.69) is 15.3 Å². The molecule has 1 atom stereocenters. The molecule has 1 aliphatic rings. The van der Waals surface area contributed by atoms with E-state index < -0.39 is 6.17 Å². The van der Waals surface area contributed by atoms with Crippen LogP contribution in [0.5, 0.6) is 0 Å². The number of hydrogen-bond donors (Lipinski definition) is 1. The second-order valence-corrected chi connectivity index (χ2v) is 6.89. The lowest BCUT2D eigenvalue weighted by atomic mass is 10.1. The molecule has 4 rings (SSSR count). The number of anilines is 2. The largest absolute Gasteiger partial charge is 0.359 e. The van der Waals surface area contributed by atoms with Crippen LogP contribution in [-0.4, -0.2) is 15.9 Å². The smallest absolute Gasteiger partial charge is 0.263 e. The topological polar surface area (TPSA) is 58.1 Å². The standard InChI is InChI=1S/C17H13ClN4OS/c1-10-20-14(9-24-10)16-21-13-5-3-2-4-12(13)17(23)22(16)15-7-6-11(18)8-19-15/h2-9,16,21H,1H3/t16-/m0/s1. The van der Waals surface area contributed by atoms with Crippen molar-refractivity contribution in [3.8, 4) is 0 Å². The van der Waals surface area contributed by atoms with Crippen LogP contribution in [0.2, 0.25) is 5.02 Å². The number of hydrogen-bond acceptors (Lipinski definition) is 5. The van der Waals surface area contributed by atoms with E-state index in [1.165, 1.54) is 6.20 Å². The van der Waals surface area contributed by atoms with Crippen LogP contribution in [0.3, 0.4) is 0 Å². The molecule has 0 bridgehead atoms. The normalized spacial score (nSPS) is 16.7. The Kier molecular flexibility index (Phi) is 3.70. The van der Waals surface area contributed by atoms with Crippen LogP contribution in [-0.2, 0) is 0 Å². The molecule has 0 unspecified atom stereocenters. The first kappa shape index (κ1) is 15.1. The monoisotopic (exact) mass is 356 g/mol. The van der Waals surface area contributed by atoms with Gasteiger partial charge in [-0.15, -0.1) is 11.3 Å². The van der Waals surface area contributed by atoms with Crippen molar-refractivity contribution < 1.29 is 4.79 Å². The fourth-order valence-electron chi connectivity index (χ4n) is 2.71. The lowest BCUT2D eigenvalue weighted by Gasteiger charge is -2.36. The molecule has 1 aliphatic heterocycles. The molecule has 0 aliphatic carbocycles. The maximum atomic E-state index is 13.1. The van der Waals surface area contributed by atoms with Gasteiger partial charge in [0, 0.05) is 17.3 Å². The van der Waals surface area contributed by atoms with Gasteiger partial charge in [0.05, 0.1) is 21.3 Å². The highest BCUT2D eigenvalue weighted by atomic mass is 35.5. The number of halogens is 1. The summed E-state index contributed by atoms with van der Waals surface area (Å²) in [7, 11) is 0. The number of fused-ring (bicyclic) bond motifs is 1. The van der Waals surface area contributed by atoms with Gasteiger partial charge in [0.2, 0.25) is 0 Å².